The standard InChI is InChI=1S/C10H19NO5S/c1-5-7(2)11(6-9(12)13)10(14)8(3)17(4,15)16/h7-8H,5-6H2,1-4H3,(H,12,13). The molecule has 1 amide bonds. The third kappa shape index (κ3) is 4.72. The second-order valence-corrected chi connectivity index (χ2v) is 6.46. The van der Waals surface area contributed by atoms with Crippen molar-refractivity contribution in [3.05, 3.63) is 0 Å². The summed E-state index contributed by atoms with van der Waals surface area (Å²) in [5, 5.41) is 7.51. The summed E-state index contributed by atoms with van der Waals surface area (Å²) in [6.45, 7) is 4.29. The summed E-state index contributed by atoms with van der Waals surface area (Å²) in [7, 11) is -3.51. The van der Waals surface area contributed by atoms with Gasteiger partial charge < -0.3 is 10.0 Å². The maximum atomic E-state index is 11.9. The first-order chi connectivity index (χ1) is 7.61. The lowest BCUT2D eigenvalue weighted by Crippen LogP contribution is -2.47. The minimum Gasteiger partial charge on any atom is -0.480 e. The summed E-state index contributed by atoms with van der Waals surface area (Å²) in [4.78, 5) is 23.7. The first-order valence-electron chi connectivity index (χ1n) is 5.32. The summed E-state index contributed by atoms with van der Waals surface area (Å²) in [5.41, 5.74) is 0. The average Bonchev–Trinajstić information content (AvgIpc) is 2.21. The number of hydrogen-bond donors (Lipinski definition) is 1. The lowest BCUT2D eigenvalue weighted by atomic mass is 10.2. The van der Waals surface area contributed by atoms with Gasteiger partial charge in [-0.15, -0.1) is 0 Å². The molecule has 0 rings (SSSR count). The van der Waals surface area contributed by atoms with Crippen LogP contribution in [-0.4, -0.2) is 54.4 Å². The summed E-state index contributed by atoms with van der Waals surface area (Å²) in [5.74, 6) is -1.82. The fourth-order valence-corrected chi connectivity index (χ4v) is 1.74. The van der Waals surface area contributed by atoms with Crippen LogP contribution < -0.4 is 0 Å². The number of carbonyl (C=O) groups is 2. The number of carboxylic acid groups (broad SMARTS) is 1. The van der Waals surface area contributed by atoms with Crippen molar-refractivity contribution in [2.45, 2.75) is 38.5 Å². The maximum absolute atomic E-state index is 11.9. The van der Waals surface area contributed by atoms with E-state index in [1.54, 1.807) is 13.8 Å². The largest absolute Gasteiger partial charge is 0.480 e. The Morgan fingerprint density at radius 3 is 2.06 bits per heavy atom. The Balaban J connectivity index is 5.06. The van der Waals surface area contributed by atoms with Gasteiger partial charge in [0.05, 0.1) is 0 Å². The number of nitrogens with zero attached hydrogens (tertiary/aromatic N) is 1. The van der Waals surface area contributed by atoms with Gasteiger partial charge >= 0.3 is 5.97 Å². The molecule has 0 spiro atoms. The number of hydrogen-bond acceptors (Lipinski definition) is 4. The van der Waals surface area contributed by atoms with E-state index in [9.17, 15) is 18.0 Å². The summed E-state index contributed by atoms with van der Waals surface area (Å²) < 4.78 is 22.6. The first kappa shape index (κ1) is 15.9. The maximum Gasteiger partial charge on any atom is 0.323 e. The second kappa shape index (κ2) is 6.00. The van der Waals surface area contributed by atoms with Gasteiger partial charge in [0.15, 0.2) is 9.84 Å². The Bertz CT molecular complexity index is 390. The molecule has 0 aromatic heterocycles. The SMILES string of the molecule is CCC(C)N(CC(=O)O)C(=O)C(C)S(C)(=O)=O. The third-order valence-corrected chi connectivity index (χ3v) is 4.19. The van der Waals surface area contributed by atoms with Crippen LogP contribution in [0.2, 0.25) is 0 Å². The van der Waals surface area contributed by atoms with Crippen molar-refractivity contribution < 1.29 is 23.1 Å². The van der Waals surface area contributed by atoms with Crippen LogP contribution in [0.1, 0.15) is 27.2 Å². The summed E-state index contributed by atoms with van der Waals surface area (Å²) in [6, 6.07) is -0.303. The molecular weight excluding hydrogens is 246 g/mol. The van der Waals surface area contributed by atoms with Crippen molar-refractivity contribution in [2.24, 2.45) is 0 Å². The molecule has 1 N–H and O–H groups in total. The Kier molecular flexibility index (Phi) is 5.60. The van der Waals surface area contributed by atoms with Crippen molar-refractivity contribution in [3.63, 3.8) is 0 Å². The molecule has 2 atom stereocenters. The summed E-state index contributed by atoms with van der Waals surface area (Å²) in [6.07, 6.45) is 1.53. The van der Waals surface area contributed by atoms with E-state index in [1.165, 1.54) is 6.92 Å². The lowest BCUT2D eigenvalue weighted by Gasteiger charge is -2.28. The van der Waals surface area contributed by atoms with Gasteiger partial charge in [-0.2, -0.15) is 0 Å². The van der Waals surface area contributed by atoms with Crippen LogP contribution in [0.15, 0.2) is 0 Å². The van der Waals surface area contributed by atoms with Crippen LogP contribution >= 0.6 is 0 Å². The van der Waals surface area contributed by atoms with E-state index in [1.807, 2.05) is 0 Å². The Labute approximate surface area is 102 Å². The monoisotopic (exact) mass is 265 g/mol. The quantitative estimate of drug-likeness (QED) is 0.737. The van der Waals surface area contributed by atoms with Gasteiger partial charge in [-0.25, -0.2) is 8.42 Å². The van der Waals surface area contributed by atoms with E-state index in [-0.39, 0.29) is 6.04 Å². The zero-order chi connectivity index (χ0) is 13.8. The van der Waals surface area contributed by atoms with E-state index in [2.05, 4.69) is 0 Å². The minimum atomic E-state index is -3.51. The van der Waals surface area contributed by atoms with Gasteiger partial charge in [0.25, 0.3) is 0 Å². The highest BCUT2D eigenvalue weighted by Crippen LogP contribution is 2.10. The van der Waals surface area contributed by atoms with E-state index in [0.29, 0.717) is 6.42 Å². The minimum absolute atomic E-state index is 0.303. The molecule has 0 heterocycles. The van der Waals surface area contributed by atoms with Gasteiger partial charge in [-0.1, -0.05) is 6.92 Å². The van der Waals surface area contributed by atoms with Crippen LogP contribution in [0.5, 0.6) is 0 Å². The zero-order valence-corrected chi connectivity index (χ0v) is 11.3. The van der Waals surface area contributed by atoms with E-state index in [4.69, 9.17) is 5.11 Å². The van der Waals surface area contributed by atoms with Crippen molar-refractivity contribution in [3.8, 4) is 0 Å². The molecular formula is C10H19NO5S. The highest BCUT2D eigenvalue weighted by molar-refractivity contribution is 7.92. The van der Waals surface area contributed by atoms with E-state index < -0.39 is 33.5 Å². The van der Waals surface area contributed by atoms with Crippen LogP contribution in [0, 0.1) is 0 Å². The average molecular weight is 265 g/mol. The van der Waals surface area contributed by atoms with Crippen LogP contribution in [0.25, 0.3) is 0 Å². The van der Waals surface area contributed by atoms with Gasteiger partial charge in [-0.3, -0.25) is 9.59 Å². The van der Waals surface area contributed by atoms with Crippen LogP contribution in [-0.2, 0) is 19.4 Å². The third-order valence-electron chi connectivity index (χ3n) is 2.70. The molecule has 0 aliphatic rings. The van der Waals surface area contributed by atoms with Crippen molar-refractivity contribution in [1.82, 2.24) is 4.90 Å². The first-order valence-corrected chi connectivity index (χ1v) is 7.27. The molecule has 0 aromatic rings. The second-order valence-electron chi connectivity index (χ2n) is 4.09. The van der Waals surface area contributed by atoms with Gasteiger partial charge in [0, 0.05) is 12.3 Å². The van der Waals surface area contributed by atoms with Crippen molar-refractivity contribution in [1.29, 1.82) is 0 Å². The van der Waals surface area contributed by atoms with Gasteiger partial charge in [0.1, 0.15) is 11.8 Å². The number of sulfone groups is 1. The van der Waals surface area contributed by atoms with Crippen molar-refractivity contribution >= 4 is 21.7 Å². The van der Waals surface area contributed by atoms with Crippen LogP contribution in [0.4, 0.5) is 0 Å². The topological polar surface area (TPSA) is 91.8 Å². The van der Waals surface area contributed by atoms with E-state index in [0.717, 1.165) is 11.2 Å². The molecule has 0 aliphatic carbocycles. The lowest BCUT2D eigenvalue weighted by molar-refractivity contribution is -0.145. The fourth-order valence-electron chi connectivity index (χ4n) is 1.23. The summed E-state index contributed by atoms with van der Waals surface area (Å²) >= 11 is 0. The predicted octanol–water partition coefficient (Wildman–Crippen LogP) is 0.131. The molecule has 0 radical (unpaired) electrons. The Hall–Kier alpha value is -1.11. The normalized spacial score (nSPS) is 15.1. The molecule has 6 nitrogen and oxygen atoms in total. The molecule has 0 saturated heterocycles. The van der Waals surface area contributed by atoms with E-state index >= 15 is 0 Å². The molecule has 2 unspecified atom stereocenters. The van der Waals surface area contributed by atoms with Gasteiger partial charge in [0.2, 0.25) is 5.91 Å². The molecule has 0 fully saturated rings. The van der Waals surface area contributed by atoms with Gasteiger partial charge in [-0.05, 0) is 20.3 Å². The smallest absolute Gasteiger partial charge is 0.323 e. The molecule has 0 bridgehead atoms. The van der Waals surface area contributed by atoms with Crippen molar-refractivity contribution in [2.75, 3.05) is 12.8 Å². The number of carboxylic acids is 1. The molecule has 0 aliphatic heterocycles. The zero-order valence-electron chi connectivity index (χ0n) is 10.5. The Morgan fingerprint density at radius 2 is 1.76 bits per heavy atom. The highest BCUT2D eigenvalue weighted by atomic mass is 32.2. The number of aliphatic carboxylic acids is 1. The highest BCUT2D eigenvalue weighted by Gasteiger charge is 2.31. The molecule has 0 saturated carbocycles. The Morgan fingerprint density at radius 1 is 1.29 bits per heavy atom. The molecule has 100 valence electrons. The number of amides is 1. The molecule has 0 aromatic carbocycles. The van der Waals surface area contributed by atoms with Crippen LogP contribution in [0.3, 0.4) is 0 Å². The molecule has 17 heavy (non-hydrogen) atoms. The number of carbonyl (C=O) groups excluding carboxylic acids is 1. The molecule has 7 heteroatoms. The predicted molar refractivity (Wildman–Crippen MR) is 63.4 cm³/mol. The fraction of sp³-hybridized carbons (Fsp3) is 0.800. The number of rotatable bonds is 6.